The predicted octanol–water partition coefficient (Wildman–Crippen LogP) is 2.48. The van der Waals surface area contributed by atoms with Gasteiger partial charge in [-0.05, 0) is 25.8 Å². The maximum absolute atomic E-state index is 10.4. The number of para-hydroxylation sites is 1. The quantitative estimate of drug-likeness (QED) is 0.861. The Hall–Kier alpha value is -1.06. The van der Waals surface area contributed by atoms with Crippen molar-refractivity contribution in [3.8, 4) is 0 Å². The summed E-state index contributed by atoms with van der Waals surface area (Å²) in [5.41, 5.74) is 1.37. The molecule has 2 rings (SSSR count). The molecule has 0 spiro atoms. The first-order chi connectivity index (χ1) is 8.52. The van der Waals surface area contributed by atoms with Gasteiger partial charge in [-0.1, -0.05) is 31.0 Å². The zero-order chi connectivity index (χ0) is 13.2. The lowest BCUT2D eigenvalue weighted by Gasteiger charge is -2.31. The Morgan fingerprint density at radius 3 is 2.50 bits per heavy atom. The molecule has 1 atom stereocenters. The zero-order valence-corrected chi connectivity index (χ0v) is 11.3. The standard InChI is InChI=1S/C15H23NO2/c1-12(17)13-7-3-4-8-14(13)16(2)11-15(18)9-5-6-10-15/h3-4,7-8,12,17-18H,5-6,9-11H2,1-2H3/t12-/m1/s1. The number of aliphatic hydroxyl groups is 2. The molecule has 0 amide bonds. The molecule has 18 heavy (non-hydrogen) atoms. The third-order valence-electron chi connectivity index (χ3n) is 3.86. The Balaban J connectivity index is 2.15. The average molecular weight is 249 g/mol. The van der Waals surface area contributed by atoms with Crippen molar-refractivity contribution < 1.29 is 10.2 Å². The summed E-state index contributed by atoms with van der Waals surface area (Å²) in [5, 5.41) is 20.2. The Morgan fingerprint density at radius 1 is 1.28 bits per heavy atom. The van der Waals surface area contributed by atoms with E-state index in [9.17, 15) is 10.2 Å². The molecule has 1 saturated carbocycles. The molecule has 0 aromatic heterocycles. The topological polar surface area (TPSA) is 43.7 Å². The minimum Gasteiger partial charge on any atom is -0.389 e. The van der Waals surface area contributed by atoms with E-state index in [2.05, 4.69) is 4.90 Å². The van der Waals surface area contributed by atoms with Gasteiger partial charge in [0, 0.05) is 24.8 Å². The second-order valence-electron chi connectivity index (χ2n) is 5.52. The number of hydrogen-bond donors (Lipinski definition) is 2. The summed E-state index contributed by atoms with van der Waals surface area (Å²) >= 11 is 0. The van der Waals surface area contributed by atoms with Gasteiger partial charge in [-0.15, -0.1) is 0 Å². The molecule has 0 bridgehead atoms. The van der Waals surface area contributed by atoms with Gasteiger partial charge in [0.25, 0.3) is 0 Å². The van der Waals surface area contributed by atoms with Crippen LogP contribution in [0.5, 0.6) is 0 Å². The van der Waals surface area contributed by atoms with Crippen LogP contribution in [0.3, 0.4) is 0 Å². The van der Waals surface area contributed by atoms with Crippen molar-refractivity contribution in [2.45, 2.75) is 44.3 Å². The smallest absolute Gasteiger partial charge is 0.0821 e. The van der Waals surface area contributed by atoms with Crippen molar-refractivity contribution in [2.24, 2.45) is 0 Å². The lowest BCUT2D eigenvalue weighted by molar-refractivity contribution is 0.0558. The van der Waals surface area contributed by atoms with Gasteiger partial charge in [-0.25, -0.2) is 0 Å². The first-order valence-corrected chi connectivity index (χ1v) is 6.72. The molecule has 0 unspecified atom stereocenters. The summed E-state index contributed by atoms with van der Waals surface area (Å²) in [6, 6.07) is 7.84. The van der Waals surface area contributed by atoms with Gasteiger partial charge in [0.05, 0.1) is 11.7 Å². The molecule has 2 N–H and O–H groups in total. The van der Waals surface area contributed by atoms with Gasteiger partial charge in [0.1, 0.15) is 0 Å². The Kier molecular flexibility index (Phi) is 3.93. The molecule has 3 nitrogen and oxygen atoms in total. The summed E-state index contributed by atoms with van der Waals surface area (Å²) in [5.74, 6) is 0. The number of likely N-dealkylation sites (N-methyl/N-ethyl adjacent to an activating group) is 1. The lowest BCUT2D eigenvalue weighted by atomic mass is 10.0. The fraction of sp³-hybridized carbons (Fsp3) is 0.600. The Morgan fingerprint density at radius 2 is 1.89 bits per heavy atom. The highest BCUT2D eigenvalue weighted by molar-refractivity contribution is 5.54. The molecule has 3 heteroatoms. The minimum absolute atomic E-state index is 0.484. The fourth-order valence-electron chi connectivity index (χ4n) is 2.91. The number of nitrogens with zero attached hydrogens (tertiary/aromatic N) is 1. The zero-order valence-electron chi connectivity index (χ0n) is 11.3. The molecule has 0 aliphatic heterocycles. The Bertz CT molecular complexity index is 397. The first kappa shape index (κ1) is 13.4. The molecule has 1 aliphatic rings. The molecular formula is C15H23NO2. The summed E-state index contributed by atoms with van der Waals surface area (Å²) < 4.78 is 0. The largest absolute Gasteiger partial charge is 0.389 e. The highest BCUT2D eigenvalue weighted by Gasteiger charge is 2.32. The van der Waals surface area contributed by atoms with E-state index in [0.29, 0.717) is 6.54 Å². The number of hydrogen-bond acceptors (Lipinski definition) is 3. The van der Waals surface area contributed by atoms with Gasteiger partial charge in [0.15, 0.2) is 0 Å². The van der Waals surface area contributed by atoms with E-state index in [1.165, 1.54) is 0 Å². The van der Waals surface area contributed by atoms with Crippen molar-refractivity contribution in [3.63, 3.8) is 0 Å². The van der Waals surface area contributed by atoms with Crippen molar-refractivity contribution in [2.75, 3.05) is 18.5 Å². The lowest BCUT2D eigenvalue weighted by Crippen LogP contribution is -2.39. The van der Waals surface area contributed by atoms with Crippen molar-refractivity contribution in [1.29, 1.82) is 0 Å². The van der Waals surface area contributed by atoms with Gasteiger partial charge in [0.2, 0.25) is 0 Å². The first-order valence-electron chi connectivity index (χ1n) is 6.72. The summed E-state index contributed by atoms with van der Waals surface area (Å²) in [6.07, 6.45) is 3.51. The second kappa shape index (κ2) is 5.29. The summed E-state index contributed by atoms with van der Waals surface area (Å²) in [4.78, 5) is 2.06. The van der Waals surface area contributed by atoms with E-state index in [1.807, 2.05) is 31.3 Å². The number of aliphatic hydroxyl groups excluding tert-OH is 1. The van der Waals surface area contributed by atoms with Gasteiger partial charge in [-0.3, -0.25) is 0 Å². The van der Waals surface area contributed by atoms with Crippen LogP contribution in [-0.2, 0) is 0 Å². The summed E-state index contributed by atoms with van der Waals surface area (Å²) in [7, 11) is 1.98. The fourth-order valence-corrected chi connectivity index (χ4v) is 2.91. The van der Waals surface area contributed by atoms with E-state index >= 15 is 0 Å². The van der Waals surface area contributed by atoms with Gasteiger partial charge in [-0.2, -0.15) is 0 Å². The van der Waals surface area contributed by atoms with Crippen LogP contribution in [0.1, 0.15) is 44.3 Å². The highest BCUT2D eigenvalue weighted by atomic mass is 16.3. The van der Waals surface area contributed by atoms with Crippen LogP contribution in [0.15, 0.2) is 24.3 Å². The van der Waals surface area contributed by atoms with Crippen LogP contribution in [0.2, 0.25) is 0 Å². The van der Waals surface area contributed by atoms with Gasteiger partial charge < -0.3 is 15.1 Å². The van der Waals surface area contributed by atoms with Crippen LogP contribution in [0, 0.1) is 0 Å². The van der Waals surface area contributed by atoms with Crippen LogP contribution in [0.25, 0.3) is 0 Å². The molecule has 1 aliphatic carbocycles. The highest BCUT2D eigenvalue weighted by Crippen LogP contribution is 2.33. The normalized spacial score (nSPS) is 19.8. The van der Waals surface area contributed by atoms with Crippen LogP contribution < -0.4 is 4.90 Å². The second-order valence-corrected chi connectivity index (χ2v) is 5.52. The van der Waals surface area contributed by atoms with E-state index < -0.39 is 11.7 Å². The van der Waals surface area contributed by atoms with E-state index in [1.54, 1.807) is 6.92 Å². The molecule has 0 radical (unpaired) electrons. The van der Waals surface area contributed by atoms with Crippen LogP contribution in [0.4, 0.5) is 5.69 Å². The van der Waals surface area contributed by atoms with E-state index in [4.69, 9.17) is 0 Å². The molecule has 100 valence electrons. The van der Waals surface area contributed by atoms with E-state index in [0.717, 1.165) is 36.9 Å². The maximum atomic E-state index is 10.4. The van der Waals surface area contributed by atoms with Crippen molar-refractivity contribution in [3.05, 3.63) is 29.8 Å². The molecule has 0 heterocycles. The maximum Gasteiger partial charge on any atom is 0.0821 e. The number of benzene rings is 1. The van der Waals surface area contributed by atoms with Crippen molar-refractivity contribution >= 4 is 5.69 Å². The number of anilines is 1. The Labute approximate surface area is 109 Å². The third kappa shape index (κ3) is 2.85. The molecule has 1 aromatic rings. The van der Waals surface area contributed by atoms with Crippen molar-refractivity contribution in [1.82, 2.24) is 0 Å². The van der Waals surface area contributed by atoms with Crippen LogP contribution in [-0.4, -0.2) is 29.4 Å². The third-order valence-corrected chi connectivity index (χ3v) is 3.86. The number of rotatable bonds is 4. The monoisotopic (exact) mass is 249 g/mol. The molecule has 0 saturated heterocycles. The van der Waals surface area contributed by atoms with Crippen LogP contribution >= 0.6 is 0 Å². The predicted molar refractivity (Wildman–Crippen MR) is 73.8 cm³/mol. The van der Waals surface area contributed by atoms with E-state index in [-0.39, 0.29) is 0 Å². The molecule has 1 fully saturated rings. The molecular weight excluding hydrogens is 226 g/mol. The van der Waals surface area contributed by atoms with Gasteiger partial charge >= 0.3 is 0 Å². The molecule has 1 aromatic carbocycles. The average Bonchev–Trinajstić information content (AvgIpc) is 2.75. The SMILES string of the molecule is C[C@@H](O)c1ccccc1N(C)CC1(O)CCCC1. The minimum atomic E-state index is -0.555. The summed E-state index contributed by atoms with van der Waals surface area (Å²) in [6.45, 7) is 2.41.